The van der Waals surface area contributed by atoms with Crippen LogP contribution in [0, 0.1) is 5.82 Å². The summed E-state index contributed by atoms with van der Waals surface area (Å²) in [5.41, 5.74) is 0.685. The average molecular weight is 280 g/mol. The van der Waals surface area contributed by atoms with Crippen molar-refractivity contribution in [3.05, 3.63) is 35.6 Å². The number of nitrogens with one attached hydrogen (secondary N) is 1. The summed E-state index contributed by atoms with van der Waals surface area (Å²) >= 11 is 0. The average Bonchev–Trinajstić information content (AvgIpc) is 2.43. The summed E-state index contributed by atoms with van der Waals surface area (Å²) in [5.74, 6) is -0.961. The van der Waals surface area contributed by atoms with Gasteiger partial charge in [0.1, 0.15) is 18.4 Å². The summed E-state index contributed by atoms with van der Waals surface area (Å²) in [5, 5.41) is 3.07. The van der Waals surface area contributed by atoms with Gasteiger partial charge in [0.2, 0.25) is 5.91 Å². The highest BCUT2D eigenvalue weighted by atomic mass is 19.1. The van der Waals surface area contributed by atoms with Crippen molar-refractivity contribution < 1.29 is 18.7 Å². The van der Waals surface area contributed by atoms with Gasteiger partial charge in [0.05, 0.1) is 6.61 Å². The molecular weight excluding hydrogens is 263 g/mol. The van der Waals surface area contributed by atoms with Crippen LogP contribution in [0.15, 0.2) is 24.3 Å². The summed E-state index contributed by atoms with van der Waals surface area (Å²) in [7, 11) is 0. The van der Waals surface area contributed by atoms with Crippen molar-refractivity contribution in [2.75, 3.05) is 26.2 Å². The maximum Gasteiger partial charge on any atom is 0.325 e. The van der Waals surface area contributed by atoms with Gasteiger partial charge in [-0.3, -0.25) is 9.59 Å². The molecule has 1 fully saturated rings. The summed E-state index contributed by atoms with van der Waals surface area (Å²) in [6, 6.07) is 5.22. The number of carbonyl (C=O) groups is 2. The van der Waals surface area contributed by atoms with E-state index >= 15 is 0 Å². The van der Waals surface area contributed by atoms with E-state index < -0.39 is 12.0 Å². The number of rotatable bonds is 4. The maximum absolute atomic E-state index is 12.9. The summed E-state index contributed by atoms with van der Waals surface area (Å²) in [4.78, 5) is 25.2. The minimum atomic E-state index is -0.543. The third kappa shape index (κ3) is 3.33. The third-order valence-electron chi connectivity index (χ3n) is 3.12. The van der Waals surface area contributed by atoms with E-state index in [0.717, 1.165) is 0 Å². The molecule has 1 amide bonds. The highest BCUT2D eigenvalue weighted by Crippen LogP contribution is 2.19. The molecule has 108 valence electrons. The molecule has 6 heteroatoms. The van der Waals surface area contributed by atoms with E-state index in [1.165, 1.54) is 17.0 Å². The molecule has 1 heterocycles. The van der Waals surface area contributed by atoms with Crippen LogP contribution in [-0.2, 0) is 14.3 Å². The van der Waals surface area contributed by atoms with Crippen LogP contribution >= 0.6 is 0 Å². The van der Waals surface area contributed by atoms with Crippen molar-refractivity contribution in [1.29, 1.82) is 0 Å². The first-order valence-corrected chi connectivity index (χ1v) is 6.55. The Bertz CT molecular complexity index is 490. The van der Waals surface area contributed by atoms with Crippen LogP contribution in [-0.4, -0.2) is 43.0 Å². The molecule has 0 aromatic heterocycles. The molecule has 0 bridgehead atoms. The second-order valence-corrected chi connectivity index (χ2v) is 4.50. The van der Waals surface area contributed by atoms with Gasteiger partial charge in [0.15, 0.2) is 0 Å². The van der Waals surface area contributed by atoms with Gasteiger partial charge >= 0.3 is 5.97 Å². The molecule has 0 radical (unpaired) electrons. The second kappa shape index (κ2) is 6.47. The lowest BCUT2D eigenvalue weighted by Crippen LogP contribution is -2.51. The van der Waals surface area contributed by atoms with Gasteiger partial charge in [-0.15, -0.1) is 0 Å². The number of ether oxygens (including phenoxy) is 1. The predicted octanol–water partition coefficient (Wildman–Crippen LogP) is 0.862. The smallest absolute Gasteiger partial charge is 0.325 e. The van der Waals surface area contributed by atoms with Gasteiger partial charge < -0.3 is 15.0 Å². The number of nitrogens with zero attached hydrogens (tertiary/aromatic N) is 1. The Morgan fingerprint density at radius 2 is 2.15 bits per heavy atom. The Hall–Kier alpha value is -1.95. The molecule has 1 aliphatic heterocycles. The molecule has 1 aliphatic rings. The van der Waals surface area contributed by atoms with Crippen molar-refractivity contribution in [1.82, 2.24) is 10.2 Å². The number of hydrogen-bond donors (Lipinski definition) is 1. The van der Waals surface area contributed by atoms with Crippen molar-refractivity contribution in [3.63, 3.8) is 0 Å². The quantitative estimate of drug-likeness (QED) is 0.831. The lowest BCUT2D eigenvalue weighted by Gasteiger charge is -2.32. The van der Waals surface area contributed by atoms with Crippen LogP contribution in [0.2, 0.25) is 0 Å². The highest BCUT2D eigenvalue weighted by Gasteiger charge is 2.30. The highest BCUT2D eigenvalue weighted by molar-refractivity contribution is 5.87. The van der Waals surface area contributed by atoms with Crippen LogP contribution in [0.3, 0.4) is 0 Å². The Morgan fingerprint density at radius 1 is 1.45 bits per heavy atom. The normalized spacial score (nSPS) is 19.0. The summed E-state index contributed by atoms with van der Waals surface area (Å²) in [6.07, 6.45) is 0. The number of halogens is 1. The zero-order valence-electron chi connectivity index (χ0n) is 11.3. The van der Waals surface area contributed by atoms with E-state index in [2.05, 4.69) is 5.32 Å². The first-order valence-electron chi connectivity index (χ1n) is 6.55. The van der Waals surface area contributed by atoms with E-state index in [9.17, 15) is 14.0 Å². The summed E-state index contributed by atoms with van der Waals surface area (Å²) in [6.45, 7) is 2.99. The molecule has 0 aliphatic carbocycles. The molecule has 1 N–H and O–H groups in total. The lowest BCUT2D eigenvalue weighted by molar-refractivity contribution is -0.150. The molecule has 1 atom stereocenters. The van der Waals surface area contributed by atoms with Gasteiger partial charge in [0, 0.05) is 13.1 Å². The van der Waals surface area contributed by atoms with Gasteiger partial charge in [-0.1, -0.05) is 12.1 Å². The number of esters is 1. The fourth-order valence-corrected chi connectivity index (χ4v) is 2.16. The van der Waals surface area contributed by atoms with E-state index in [-0.39, 0.29) is 18.3 Å². The number of amides is 1. The van der Waals surface area contributed by atoms with Crippen LogP contribution in [0.5, 0.6) is 0 Å². The van der Waals surface area contributed by atoms with Crippen molar-refractivity contribution >= 4 is 11.9 Å². The van der Waals surface area contributed by atoms with Gasteiger partial charge in [-0.2, -0.15) is 0 Å². The first-order chi connectivity index (χ1) is 9.61. The van der Waals surface area contributed by atoms with Crippen molar-refractivity contribution in [2.45, 2.75) is 13.0 Å². The second-order valence-electron chi connectivity index (χ2n) is 4.50. The Balaban J connectivity index is 2.06. The molecule has 1 saturated heterocycles. The van der Waals surface area contributed by atoms with E-state index in [0.29, 0.717) is 25.3 Å². The van der Waals surface area contributed by atoms with Crippen LogP contribution in [0.1, 0.15) is 18.5 Å². The molecule has 1 unspecified atom stereocenters. The molecular formula is C14H17FN2O3. The van der Waals surface area contributed by atoms with Gasteiger partial charge in [-0.05, 0) is 24.6 Å². The third-order valence-corrected chi connectivity index (χ3v) is 3.12. The van der Waals surface area contributed by atoms with E-state index in [1.54, 1.807) is 19.1 Å². The van der Waals surface area contributed by atoms with Crippen LogP contribution in [0.25, 0.3) is 0 Å². The van der Waals surface area contributed by atoms with E-state index in [4.69, 9.17) is 4.74 Å². The van der Waals surface area contributed by atoms with Crippen molar-refractivity contribution in [3.8, 4) is 0 Å². The predicted molar refractivity (Wildman–Crippen MR) is 70.4 cm³/mol. The SMILES string of the molecule is CCOC(=O)CN1CCNC(c2ccc(F)cc2)C1=O. The fourth-order valence-electron chi connectivity index (χ4n) is 2.16. The van der Waals surface area contributed by atoms with Crippen LogP contribution in [0.4, 0.5) is 4.39 Å². The Labute approximate surface area is 116 Å². The molecule has 20 heavy (non-hydrogen) atoms. The zero-order valence-corrected chi connectivity index (χ0v) is 11.3. The maximum atomic E-state index is 12.9. The monoisotopic (exact) mass is 280 g/mol. The van der Waals surface area contributed by atoms with Crippen LogP contribution < -0.4 is 5.32 Å². The van der Waals surface area contributed by atoms with Crippen molar-refractivity contribution in [2.24, 2.45) is 0 Å². The summed E-state index contributed by atoms with van der Waals surface area (Å²) < 4.78 is 17.8. The molecule has 1 aromatic rings. The first kappa shape index (κ1) is 14.5. The lowest BCUT2D eigenvalue weighted by atomic mass is 10.0. The largest absolute Gasteiger partial charge is 0.465 e. The minimum absolute atomic E-state index is 0.0496. The fraction of sp³-hybridized carbons (Fsp3) is 0.429. The Kier molecular flexibility index (Phi) is 4.68. The molecule has 1 aromatic carbocycles. The number of hydrogen-bond acceptors (Lipinski definition) is 4. The number of carbonyl (C=O) groups excluding carboxylic acids is 2. The minimum Gasteiger partial charge on any atom is -0.465 e. The number of benzene rings is 1. The van der Waals surface area contributed by atoms with E-state index in [1.807, 2.05) is 0 Å². The van der Waals surface area contributed by atoms with Gasteiger partial charge in [0.25, 0.3) is 0 Å². The van der Waals surface area contributed by atoms with Gasteiger partial charge in [-0.25, -0.2) is 4.39 Å². The zero-order chi connectivity index (χ0) is 14.5. The molecule has 2 rings (SSSR count). The topological polar surface area (TPSA) is 58.6 Å². The molecule has 5 nitrogen and oxygen atoms in total. The standard InChI is InChI=1S/C14H17FN2O3/c1-2-20-12(18)9-17-8-7-16-13(14(17)19)10-3-5-11(15)6-4-10/h3-6,13,16H,2,7-9H2,1H3. The molecule has 0 spiro atoms. The Morgan fingerprint density at radius 3 is 2.80 bits per heavy atom. The molecule has 0 saturated carbocycles. The number of piperazine rings is 1.